The first kappa shape index (κ1) is 12.2. The second-order valence-corrected chi connectivity index (χ2v) is 6.17. The van der Waals surface area contributed by atoms with E-state index in [2.05, 4.69) is 0 Å². The van der Waals surface area contributed by atoms with E-state index < -0.39 is 5.60 Å². The zero-order chi connectivity index (χ0) is 12.6. The van der Waals surface area contributed by atoms with Gasteiger partial charge in [0, 0.05) is 0 Å². The summed E-state index contributed by atoms with van der Waals surface area (Å²) in [4.78, 5) is 12.1. The van der Waals surface area contributed by atoms with Crippen molar-refractivity contribution in [2.45, 2.75) is 75.4 Å². The molecule has 2 fully saturated rings. The van der Waals surface area contributed by atoms with E-state index in [9.17, 15) is 9.90 Å². The zero-order valence-corrected chi connectivity index (χ0v) is 10.9. The largest absolute Gasteiger partial charge is 0.451 e. The molecule has 0 amide bonds. The normalized spacial score (nSPS) is 30.1. The van der Waals surface area contributed by atoms with Gasteiger partial charge in [-0.25, -0.2) is 4.79 Å². The van der Waals surface area contributed by atoms with Crippen LogP contribution in [-0.2, 0) is 9.53 Å². The van der Waals surface area contributed by atoms with Crippen molar-refractivity contribution in [1.82, 2.24) is 0 Å². The Morgan fingerprint density at radius 2 is 1.50 bits per heavy atom. The lowest BCUT2D eigenvalue weighted by molar-refractivity contribution is -0.150. The Hall–Kier alpha value is -0.830. The molecule has 2 aliphatic carbocycles. The number of esters is 1. The summed E-state index contributed by atoms with van der Waals surface area (Å²) in [6.07, 6.45) is 11.9. The first-order valence-corrected chi connectivity index (χ1v) is 7.33. The number of rotatable bonds is 1. The van der Waals surface area contributed by atoms with Gasteiger partial charge in [0.25, 0.3) is 0 Å². The summed E-state index contributed by atoms with van der Waals surface area (Å²) in [6.45, 7) is 0. The Morgan fingerprint density at radius 1 is 0.944 bits per heavy atom. The maximum Gasteiger partial charge on any atom is 0.337 e. The molecule has 18 heavy (non-hydrogen) atoms. The summed E-state index contributed by atoms with van der Waals surface area (Å²) in [5.74, 6) is -0.263. The molecular formula is C15H22O3. The number of ether oxygens (including phenoxy) is 1. The third kappa shape index (κ3) is 1.99. The standard InChI is InChI=1S/C15H22O3/c16-13-12(15(17)9-5-2-6-10-15)11-14(18-13)7-3-1-4-8-14/h11,17H,1-10H2. The van der Waals surface area contributed by atoms with Crippen molar-refractivity contribution in [3.05, 3.63) is 11.6 Å². The molecule has 0 aromatic heterocycles. The molecule has 3 nitrogen and oxygen atoms in total. The van der Waals surface area contributed by atoms with Gasteiger partial charge in [-0.05, 0) is 44.6 Å². The minimum Gasteiger partial charge on any atom is -0.451 e. The lowest BCUT2D eigenvalue weighted by Crippen LogP contribution is -2.36. The predicted octanol–water partition coefficient (Wildman–Crippen LogP) is 2.87. The number of hydrogen-bond acceptors (Lipinski definition) is 3. The molecule has 1 spiro atoms. The van der Waals surface area contributed by atoms with Crippen LogP contribution in [0.1, 0.15) is 64.2 Å². The molecule has 0 radical (unpaired) electrons. The van der Waals surface area contributed by atoms with Gasteiger partial charge in [0.15, 0.2) is 0 Å². The number of carbonyl (C=O) groups is 1. The van der Waals surface area contributed by atoms with Crippen LogP contribution < -0.4 is 0 Å². The average molecular weight is 250 g/mol. The summed E-state index contributed by atoms with van der Waals surface area (Å²) in [5, 5.41) is 10.7. The molecule has 100 valence electrons. The lowest BCUT2D eigenvalue weighted by Gasteiger charge is -2.31. The van der Waals surface area contributed by atoms with E-state index in [-0.39, 0.29) is 11.6 Å². The molecule has 3 heteroatoms. The summed E-state index contributed by atoms with van der Waals surface area (Å²) < 4.78 is 5.63. The number of carbonyl (C=O) groups excluding carboxylic acids is 1. The third-order valence-electron chi connectivity index (χ3n) is 4.81. The van der Waals surface area contributed by atoms with Gasteiger partial charge in [0.1, 0.15) is 5.60 Å². The van der Waals surface area contributed by atoms with Gasteiger partial charge in [-0.1, -0.05) is 25.7 Å². The molecule has 0 saturated heterocycles. The van der Waals surface area contributed by atoms with Gasteiger partial charge in [-0.2, -0.15) is 0 Å². The predicted molar refractivity (Wildman–Crippen MR) is 68.0 cm³/mol. The van der Waals surface area contributed by atoms with Crippen molar-refractivity contribution in [3.63, 3.8) is 0 Å². The Balaban J connectivity index is 1.86. The Bertz CT molecular complexity index is 371. The van der Waals surface area contributed by atoms with Crippen LogP contribution in [0.15, 0.2) is 11.6 Å². The van der Waals surface area contributed by atoms with Crippen molar-refractivity contribution < 1.29 is 14.6 Å². The van der Waals surface area contributed by atoms with Crippen LogP contribution in [0.2, 0.25) is 0 Å². The van der Waals surface area contributed by atoms with Crippen LogP contribution in [0.3, 0.4) is 0 Å². The monoisotopic (exact) mass is 250 g/mol. The van der Waals surface area contributed by atoms with E-state index >= 15 is 0 Å². The number of hydrogen-bond donors (Lipinski definition) is 1. The van der Waals surface area contributed by atoms with E-state index in [1.807, 2.05) is 6.08 Å². The molecule has 0 aromatic carbocycles. The third-order valence-corrected chi connectivity index (χ3v) is 4.81. The first-order chi connectivity index (χ1) is 8.64. The lowest BCUT2D eigenvalue weighted by atomic mass is 9.77. The fraction of sp³-hybridized carbons (Fsp3) is 0.800. The van der Waals surface area contributed by atoms with Gasteiger partial charge in [-0.15, -0.1) is 0 Å². The number of aliphatic hydroxyl groups is 1. The average Bonchev–Trinajstić information content (AvgIpc) is 2.69. The molecule has 3 rings (SSSR count). The Kier molecular flexibility index (Phi) is 2.97. The van der Waals surface area contributed by atoms with Gasteiger partial charge in [0.05, 0.1) is 11.2 Å². The fourth-order valence-corrected chi connectivity index (χ4v) is 3.72. The SMILES string of the molecule is O=C1OC2(C=C1C1(O)CCCCC1)CCCCC2. The van der Waals surface area contributed by atoms with Gasteiger partial charge in [-0.3, -0.25) is 0 Å². The van der Waals surface area contributed by atoms with Gasteiger partial charge < -0.3 is 9.84 Å². The Labute approximate surface area is 108 Å². The van der Waals surface area contributed by atoms with Crippen molar-refractivity contribution in [2.75, 3.05) is 0 Å². The highest BCUT2D eigenvalue weighted by Crippen LogP contribution is 2.44. The van der Waals surface area contributed by atoms with Crippen LogP contribution in [0.4, 0.5) is 0 Å². The van der Waals surface area contributed by atoms with Crippen molar-refractivity contribution >= 4 is 5.97 Å². The van der Waals surface area contributed by atoms with Crippen molar-refractivity contribution in [2.24, 2.45) is 0 Å². The van der Waals surface area contributed by atoms with Crippen LogP contribution in [0.5, 0.6) is 0 Å². The van der Waals surface area contributed by atoms with Crippen LogP contribution in [0.25, 0.3) is 0 Å². The molecule has 1 N–H and O–H groups in total. The molecule has 0 unspecified atom stereocenters. The molecule has 1 aliphatic heterocycles. The first-order valence-electron chi connectivity index (χ1n) is 7.33. The van der Waals surface area contributed by atoms with Crippen LogP contribution >= 0.6 is 0 Å². The van der Waals surface area contributed by atoms with Crippen LogP contribution in [0, 0.1) is 0 Å². The van der Waals surface area contributed by atoms with E-state index in [1.165, 1.54) is 6.42 Å². The second kappa shape index (κ2) is 4.37. The van der Waals surface area contributed by atoms with E-state index in [1.54, 1.807) is 0 Å². The van der Waals surface area contributed by atoms with Crippen molar-refractivity contribution in [1.29, 1.82) is 0 Å². The maximum atomic E-state index is 12.1. The summed E-state index contributed by atoms with van der Waals surface area (Å²) in [7, 11) is 0. The van der Waals surface area contributed by atoms with Crippen molar-refractivity contribution in [3.8, 4) is 0 Å². The van der Waals surface area contributed by atoms with E-state index in [0.29, 0.717) is 18.4 Å². The van der Waals surface area contributed by atoms with E-state index in [4.69, 9.17) is 4.74 Å². The molecular weight excluding hydrogens is 228 g/mol. The van der Waals surface area contributed by atoms with Gasteiger partial charge in [0.2, 0.25) is 0 Å². The molecule has 1 heterocycles. The maximum absolute atomic E-state index is 12.1. The summed E-state index contributed by atoms with van der Waals surface area (Å²) in [6, 6.07) is 0. The minimum absolute atomic E-state index is 0.263. The highest BCUT2D eigenvalue weighted by molar-refractivity contribution is 5.93. The zero-order valence-electron chi connectivity index (χ0n) is 10.9. The Morgan fingerprint density at radius 3 is 2.11 bits per heavy atom. The second-order valence-electron chi connectivity index (χ2n) is 6.17. The van der Waals surface area contributed by atoms with E-state index in [0.717, 1.165) is 44.9 Å². The fourth-order valence-electron chi connectivity index (χ4n) is 3.72. The van der Waals surface area contributed by atoms with Gasteiger partial charge >= 0.3 is 5.97 Å². The molecule has 0 atom stereocenters. The molecule has 0 aromatic rings. The van der Waals surface area contributed by atoms with Crippen LogP contribution in [-0.4, -0.2) is 22.3 Å². The summed E-state index contributed by atoms with van der Waals surface area (Å²) >= 11 is 0. The quantitative estimate of drug-likeness (QED) is 0.728. The highest BCUT2D eigenvalue weighted by atomic mass is 16.6. The molecule has 0 bridgehead atoms. The molecule has 2 saturated carbocycles. The minimum atomic E-state index is -0.906. The highest BCUT2D eigenvalue weighted by Gasteiger charge is 2.48. The smallest absolute Gasteiger partial charge is 0.337 e. The topological polar surface area (TPSA) is 46.5 Å². The molecule has 3 aliphatic rings. The summed E-state index contributed by atoms with van der Waals surface area (Å²) in [5.41, 5.74) is -0.724.